The Morgan fingerprint density at radius 3 is 2.48 bits per heavy atom. The van der Waals surface area contributed by atoms with Crippen LogP contribution in [0.2, 0.25) is 0 Å². The summed E-state index contributed by atoms with van der Waals surface area (Å²) in [5.41, 5.74) is 7.80. The lowest BCUT2D eigenvalue weighted by atomic mass is 10.1. The predicted molar refractivity (Wildman–Crippen MR) is 86.9 cm³/mol. The number of ether oxygens (including phenoxy) is 2. The van der Waals surface area contributed by atoms with E-state index in [0.717, 1.165) is 25.0 Å². The molecule has 0 heterocycles. The summed E-state index contributed by atoms with van der Waals surface area (Å²) in [6, 6.07) is 16.1. The van der Waals surface area contributed by atoms with Crippen LogP contribution in [0.3, 0.4) is 0 Å². The topological polar surface area (TPSA) is 44.5 Å². The minimum Gasteiger partial charge on any atom is -0.493 e. The summed E-state index contributed by atoms with van der Waals surface area (Å²) in [6.07, 6.45) is 4.52. The van der Waals surface area contributed by atoms with Crippen molar-refractivity contribution >= 4 is 5.69 Å². The molecule has 2 aromatic rings. The molecule has 2 rings (SSSR count). The molecule has 0 unspecified atom stereocenters. The molecule has 0 saturated carbocycles. The van der Waals surface area contributed by atoms with Crippen LogP contribution < -0.4 is 15.2 Å². The van der Waals surface area contributed by atoms with Crippen molar-refractivity contribution in [3.63, 3.8) is 0 Å². The SMILES string of the molecule is COc1cc(N)ccc1OCCCCCc1ccccc1. The van der Waals surface area contributed by atoms with E-state index < -0.39 is 0 Å². The number of hydrogen-bond acceptors (Lipinski definition) is 3. The van der Waals surface area contributed by atoms with Crippen LogP contribution in [0.1, 0.15) is 24.8 Å². The first-order valence-electron chi connectivity index (χ1n) is 7.40. The number of hydrogen-bond donors (Lipinski definition) is 1. The number of nitrogens with two attached hydrogens (primary N) is 1. The molecule has 3 heteroatoms. The fraction of sp³-hybridized carbons (Fsp3) is 0.333. The first-order valence-corrected chi connectivity index (χ1v) is 7.40. The van der Waals surface area contributed by atoms with E-state index >= 15 is 0 Å². The van der Waals surface area contributed by atoms with Crippen molar-refractivity contribution in [1.82, 2.24) is 0 Å². The lowest BCUT2D eigenvalue weighted by Gasteiger charge is -2.11. The lowest BCUT2D eigenvalue weighted by Crippen LogP contribution is -2.00. The summed E-state index contributed by atoms with van der Waals surface area (Å²) in [6.45, 7) is 0.703. The highest BCUT2D eigenvalue weighted by molar-refractivity contribution is 5.51. The standard InChI is InChI=1S/C18H23NO2/c1-20-18-14-16(19)11-12-17(18)21-13-7-3-6-10-15-8-4-2-5-9-15/h2,4-5,8-9,11-12,14H,3,6-7,10,13,19H2,1H3. The normalized spacial score (nSPS) is 10.3. The van der Waals surface area contributed by atoms with Gasteiger partial charge in [0.2, 0.25) is 0 Å². The van der Waals surface area contributed by atoms with Crippen molar-refractivity contribution in [2.24, 2.45) is 0 Å². The Balaban J connectivity index is 1.66. The zero-order valence-electron chi connectivity index (χ0n) is 12.5. The Hall–Kier alpha value is -2.16. The maximum absolute atomic E-state index is 5.75. The third-order valence-corrected chi connectivity index (χ3v) is 3.40. The van der Waals surface area contributed by atoms with E-state index in [9.17, 15) is 0 Å². The highest BCUT2D eigenvalue weighted by atomic mass is 16.5. The number of anilines is 1. The van der Waals surface area contributed by atoms with Gasteiger partial charge in [0.25, 0.3) is 0 Å². The van der Waals surface area contributed by atoms with Crippen LogP contribution in [0.25, 0.3) is 0 Å². The van der Waals surface area contributed by atoms with Gasteiger partial charge >= 0.3 is 0 Å². The van der Waals surface area contributed by atoms with E-state index in [1.165, 1.54) is 12.0 Å². The van der Waals surface area contributed by atoms with Gasteiger partial charge in [-0.2, -0.15) is 0 Å². The minimum absolute atomic E-state index is 0.682. The zero-order valence-corrected chi connectivity index (χ0v) is 12.5. The third-order valence-electron chi connectivity index (χ3n) is 3.40. The summed E-state index contributed by atoms with van der Waals surface area (Å²) in [5, 5.41) is 0. The number of aryl methyl sites for hydroxylation is 1. The summed E-state index contributed by atoms with van der Waals surface area (Å²) < 4.78 is 11.0. The second-order valence-corrected chi connectivity index (χ2v) is 5.06. The summed E-state index contributed by atoms with van der Waals surface area (Å²) in [4.78, 5) is 0. The fourth-order valence-electron chi connectivity index (χ4n) is 2.24. The second kappa shape index (κ2) is 8.20. The van der Waals surface area contributed by atoms with Crippen LogP contribution in [0, 0.1) is 0 Å². The Labute approximate surface area is 126 Å². The van der Waals surface area contributed by atoms with Crippen LogP contribution in [0.5, 0.6) is 11.5 Å². The molecule has 0 atom stereocenters. The smallest absolute Gasteiger partial charge is 0.162 e. The number of benzene rings is 2. The van der Waals surface area contributed by atoms with Gasteiger partial charge in [-0.15, -0.1) is 0 Å². The van der Waals surface area contributed by atoms with Gasteiger partial charge in [-0.25, -0.2) is 0 Å². The minimum atomic E-state index is 0.682. The van der Waals surface area contributed by atoms with Crippen molar-refractivity contribution in [3.05, 3.63) is 54.1 Å². The maximum Gasteiger partial charge on any atom is 0.162 e. The summed E-state index contributed by atoms with van der Waals surface area (Å²) in [7, 11) is 1.63. The van der Waals surface area contributed by atoms with E-state index in [1.807, 2.05) is 12.1 Å². The quantitative estimate of drug-likeness (QED) is 0.587. The van der Waals surface area contributed by atoms with Gasteiger partial charge < -0.3 is 15.2 Å². The predicted octanol–water partition coefficient (Wildman–Crippen LogP) is 4.07. The number of unbranched alkanes of at least 4 members (excludes halogenated alkanes) is 2. The van der Waals surface area contributed by atoms with Gasteiger partial charge in [-0.05, 0) is 43.4 Å². The highest BCUT2D eigenvalue weighted by Gasteiger charge is 2.04. The first-order chi connectivity index (χ1) is 10.3. The molecule has 2 aromatic carbocycles. The summed E-state index contributed by atoms with van der Waals surface area (Å²) in [5.74, 6) is 1.45. The van der Waals surface area contributed by atoms with Gasteiger partial charge in [0, 0.05) is 11.8 Å². The fourth-order valence-corrected chi connectivity index (χ4v) is 2.24. The highest BCUT2D eigenvalue weighted by Crippen LogP contribution is 2.29. The van der Waals surface area contributed by atoms with Crippen LogP contribution in [0.15, 0.2) is 48.5 Å². The molecular weight excluding hydrogens is 262 g/mol. The van der Waals surface area contributed by atoms with E-state index in [-0.39, 0.29) is 0 Å². The Morgan fingerprint density at radius 2 is 1.71 bits per heavy atom. The molecule has 2 N–H and O–H groups in total. The summed E-state index contributed by atoms with van der Waals surface area (Å²) >= 11 is 0. The molecule has 0 aliphatic rings. The first kappa shape index (κ1) is 15.2. The molecule has 0 fully saturated rings. The van der Waals surface area contributed by atoms with Gasteiger partial charge in [-0.1, -0.05) is 30.3 Å². The van der Waals surface area contributed by atoms with Crippen molar-refractivity contribution in [1.29, 1.82) is 0 Å². The van der Waals surface area contributed by atoms with E-state index in [1.54, 1.807) is 13.2 Å². The maximum atomic E-state index is 5.75. The zero-order chi connectivity index (χ0) is 14.9. The van der Waals surface area contributed by atoms with Crippen molar-refractivity contribution in [2.45, 2.75) is 25.7 Å². The van der Waals surface area contributed by atoms with Gasteiger partial charge in [0.15, 0.2) is 11.5 Å². The van der Waals surface area contributed by atoms with Gasteiger partial charge in [0.1, 0.15) is 0 Å². The third kappa shape index (κ3) is 5.03. The number of rotatable bonds is 8. The Kier molecular flexibility index (Phi) is 5.95. The molecule has 0 spiro atoms. The largest absolute Gasteiger partial charge is 0.493 e. The second-order valence-electron chi connectivity index (χ2n) is 5.06. The van der Waals surface area contributed by atoms with Gasteiger partial charge in [-0.3, -0.25) is 0 Å². The van der Waals surface area contributed by atoms with Crippen molar-refractivity contribution in [2.75, 3.05) is 19.5 Å². The lowest BCUT2D eigenvalue weighted by molar-refractivity contribution is 0.285. The number of methoxy groups -OCH3 is 1. The average molecular weight is 285 g/mol. The molecule has 0 amide bonds. The van der Waals surface area contributed by atoms with Crippen molar-refractivity contribution < 1.29 is 9.47 Å². The molecule has 112 valence electrons. The molecular formula is C18H23NO2. The van der Waals surface area contributed by atoms with E-state index in [4.69, 9.17) is 15.2 Å². The molecule has 0 saturated heterocycles. The van der Waals surface area contributed by atoms with Crippen LogP contribution in [-0.2, 0) is 6.42 Å². The average Bonchev–Trinajstić information content (AvgIpc) is 2.52. The molecule has 0 aliphatic carbocycles. The van der Waals surface area contributed by atoms with Crippen molar-refractivity contribution in [3.8, 4) is 11.5 Å². The Morgan fingerprint density at radius 1 is 0.905 bits per heavy atom. The molecule has 0 aromatic heterocycles. The monoisotopic (exact) mass is 285 g/mol. The molecule has 3 nitrogen and oxygen atoms in total. The molecule has 21 heavy (non-hydrogen) atoms. The molecule has 0 radical (unpaired) electrons. The van der Waals surface area contributed by atoms with Crippen LogP contribution in [0.4, 0.5) is 5.69 Å². The van der Waals surface area contributed by atoms with Gasteiger partial charge in [0.05, 0.1) is 13.7 Å². The van der Waals surface area contributed by atoms with Crippen LogP contribution >= 0.6 is 0 Å². The Bertz CT molecular complexity index is 540. The van der Waals surface area contributed by atoms with Crippen LogP contribution in [-0.4, -0.2) is 13.7 Å². The van der Waals surface area contributed by atoms with E-state index in [2.05, 4.69) is 30.3 Å². The molecule has 0 bridgehead atoms. The number of nitrogen functional groups attached to an aromatic ring is 1. The molecule has 0 aliphatic heterocycles. The van der Waals surface area contributed by atoms with E-state index in [0.29, 0.717) is 18.0 Å².